The van der Waals surface area contributed by atoms with Crippen LogP contribution in [0.15, 0.2) is 18.7 Å². The molecule has 0 aliphatic rings. The van der Waals surface area contributed by atoms with Crippen molar-refractivity contribution in [2.75, 3.05) is 10.7 Å². The normalized spacial score (nSPS) is 11.1. The molecule has 0 aliphatic carbocycles. The molecule has 2 rings (SSSR count). The van der Waals surface area contributed by atoms with Crippen molar-refractivity contribution in [1.82, 2.24) is 14.4 Å². The molecule has 0 atom stereocenters. The number of anilines is 1. The molecular formula is C7H8IN4-. The summed E-state index contributed by atoms with van der Waals surface area (Å²) in [4.78, 5) is 10.4. The Morgan fingerprint density at radius 3 is 3.08 bits per heavy atom. The zero-order chi connectivity index (χ0) is 8.55. The topological polar surface area (TPSA) is 56.2 Å². The number of fused-ring (bicyclic) bond motifs is 1. The minimum atomic E-state index is -0.0240. The second-order valence-corrected chi connectivity index (χ2v) is 4.39. The number of nitrogens with zero attached hydrogens (tertiary/aromatic N) is 3. The molecule has 2 N–H and O–H groups in total. The Hall–Kier alpha value is -0.850. The molecule has 12 heavy (non-hydrogen) atoms. The van der Waals surface area contributed by atoms with E-state index in [4.69, 9.17) is 5.73 Å². The Labute approximate surface area is 80.1 Å². The van der Waals surface area contributed by atoms with E-state index < -0.39 is 0 Å². The van der Waals surface area contributed by atoms with Gasteiger partial charge in [0.25, 0.3) is 0 Å². The average molecular weight is 275 g/mol. The van der Waals surface area contributed by atoms with Crippen LogP contribution in [0.1, 0.15) is 0 Å². The van der Waals surface area contributed by atoms with Crippen LogP contribution in [0.4, 0.5) is 5.82 Å². The van der Waals surface area contributed by atoms with Crippen LogP contribution in [0, 0.1) is 3.70 Å². The number of halogens is 1. The second kappa shape index (κ2) is 2.89. The van der Waals surface area contributed by atoms with E-state index in [2.05, 4.69) is 14.9 Å². The number of rotatable bonds is 1. The predicted octanol–water partition coefficient (Wildman–Crippen LogP) is -2.80. The van der Waals surface area contributed by atoms with Crippen LogP contribution in [0.3, 0.4) is 0 Å². The summed E-state index contributed by atoms with van der Waals surface area (Å²) in [6, 6.07) is 0. The SMILES string of the molecule is C[I-]c1ncn2ccnc(N)c12. The summed E-state index contributed by atoms with van der Waals surface area (Å²) < 4.78 is 3.03. The first-order valence-electron chi connectivity index (χ1n) is 3.39. The van der Waals surface area contributed by atoms with Gasteiger partial charge < -0.3 is 0 Å². The standard InChI is InChI=1S/C7H8IN4/c1-8-6-5-7(9)10-2-3-12(5)4-11-6/h2-4H,1H3,(H2,9,10)/q-1. The van der Waals surface area contributed by atoms with E-state index in [0.29, 0.717) is 5.82 Å². The van der Waals surface area contributed by atoms with Crippen molar-refractivity contribution in [2.24, 2.45) is 0 Å². The first-order valence-corrected chi connectivity index (χ1v) is 6.63. The summed E-state index contributed by atoms with van der Waals surface area (Å²) in [6.45, 7) is 0. The van der Waals surface area contributed by atoms with Crippen molar-refractivity contribution in [3.63, 3.8) is 0 Å². The predicted molar refractivity (Wildman–Crippen MR) is 42.0 cm³/mol. The molecule has 2 aromatic rings. The summed E-state index contributed by atoms with van der Waals surface area (Å²) in [6.07, 6.45) is 5.33. The van der Waals surface area contributed by atoms with E-state index in [1.54, 1.807) is 12.5 Å². The fourth-order valence-corrected chi connectivity index (χ4v) is 2.54. The third-order valence-electron chi connectivity index (χ3n) is 1.61. The van der Waals surface area contributed by atoms with Gasteiger partial charge in [-0.25, -0.2) is 0 Å². The van der Waals surface area contributed by atoms with E-state index in [9.17, 15) is 0 Å². The van der Waals surface area contributed by atoms with Crippen molar-refractivity contribution < 1.29 is 21.2 Å². The fraction of sp³-hybridized carbons (Fsp3) is 0.143. The van der Waals surface area contributed by atoms with Gasteiger partial charge in [-0.05, 0) is 0 Å². The molecule has 0 unspecified atom stereocenters. The monoisotopic (exact) mass is 275 g/mol. The van der Waals surface area contributed by atoms with Crippen LogP contribution < -0.4 is 26.9 Å². The third kappa shape index (κ3) is 1.04. The summed E-state index contributed by atoms with van der Waals surface area (Å²) in [7, 11) is 0. The van der Waals surface area contributed by atoms with Crippen LogP contribution in [0.2, 0.25) is 0 Å². The van der Waals surface area contributed by atoms with Crippen LogP contribution in [-0.4, -0.2) is 19.3 Å². The Morgan fingerprint density at radius 2 is 2.33 bits per heavy atom. The van der Waals surface area contributed by atoms with Gasteiger partial charge in [-0.3, -0.25) is 0 Å². The molecule has 0 amide bonds. The summed E-state index contributed by atoms with van der Waals surface area (Å²) in [5, 5.41) is 0. The van der Waals surface area contributed by atoms with E-state index in [0.717, 1.165) is 9.22 Å². The molecular weight excluding hydrogens is 267 g/mol. The molecule has 0 saturated carbocycles. The number of imidazole rings is 1. The van der Waals surface area contributed by atoms with Gasteiger partial charge in [0.05, 0.1) is 0 Å². The van der Waals surface area contributed by atoms with Gasteiger partial charge in [0.1, 0.15) is 0 Å². The van der Waals surface area contributed by atoms with Crippen molar-refractivity contribution in [3.05, 3.63) is 22.4 Å². The molecule has 0 aliphatic heterocycles. The zero-order valence-electron chi connectivity index (χ0n) is 6.53. The van der Waals surface area contributed by atoms with Gasteiger partial charge >= 0.3 is 80.0 Å². The molecule has 2 aromatic heterocycles. The maximum atomic E-state index is 5.72. The minimum absolute atomic E-state index is 0.0240. The van der Waals surface area contributed by atoms with Crippen molar-refractivity contribution >= 4 is 11.3 Å². The number of nitrogens with two attached hydrogens (primary N) is 1. The molecule has 5 heteroatoms. The van der Waals surface area contributed by atoms with E-state index in [1.165, 1.54) is 0 Å². The molecule has 0 saturated heterocycles. The Morgan fingerprint density at radius 1 is 1.50 bits per heavy atom. The molecule has 64 valence electrons. The number of hydrogen-bond acceptors (Lipinski definition) is 3. The van der Waals surface area contributed by atoms with Gasteiger partial charge in [0.2, 0.25) is 0 Å². The Kier molecular flexibility index (Phi) is 1.87. The quantitative estimate of drug-likeness (QED) is 0.452. The molecule has 0 radical (unpaired) electrons. The van der Waals surface area contributed by atoms with Gasteiger partial charge in [0.15, 0.2) is 0 Å². The molecule has 0 aromatic carbocycles. The number of alkyl halides is 1. The van der Waals surface area contributed by atoms with Gasteiger partial charge in [0, 0.05) is 0 Å². The molecule has 0 fully saturated rings. The average Bonchev–Trinajstić information content (AvgIpc) is 2.49. The molecule has 0 spiro atoms. The fourth-order valence-electron chi connectivity index (χ4n) is 1.07. The number of aromatic nitrogens is 3. The summed E-state index contributed by atoms with van der Waals surface area (Å²) >= 11 is -0.0240. The van der Waals surface area contributed by atoms with E-state index >= 15 is 0 Å². The van der Waals surface area contributed by atoms with E-state index in [1.807, 2.05) is 10.6 Å². The van der Waals surface area contributed by atoms with Gasteiger partial charge in [-0.2, -0.15) is 0 Å². The number of nitrogen functional groups attached to an aromatic ring is 1. The maximum absolute atomic E-state index is 5.72. The molecule has 0 bridgehead atoms. The molecule has 2 heterocycles. The van der Waals surface area contributed by atoms with Crippen molar-refractivity contribution in [3.8, 4) is 0 Å². The van der Waals surface area contributed by atoms with E-state index in [-0.39, 0.29) is 21.2 Å². The summed E-state index contributed by atoms with van der Waals surface area (Å²) in [5.74, 6) is 0.576. The Balaban J connectivity index is 2.83. The van der Waals surface area contributed by atoms with Crippen molar-refractivity contribution in [1.29, 1.82) is 0 Å². The van der Waals surface area contributed by atoms with Crippen LogP contribution >= 0.6 is 0 Å². The Bertz CT molecular complexity index is 409. The van der Waals surface area contributed by atoms with Crippen LogP contribution in [0.25, 0.3) is 5.52 Å². The third-order valence-corrected chi connectivity index (χ3v) is 3.42. The zero-order valence-corrected chi connectivity index (χ0v) is 8.69. The van der Waals surface area contributed by atoms with Gasteiger partial charge in [-0.15, -0.1) is 0 Å². The number of hydrogen-bond donors (Lipinski definition) is 1. The first-order chi connectivity index (χ1) is 5.83. The van der Waals surface area contributed by atoms with Crippen molar-refractivity contribution in [2.45, 2.75) is 0 Å². The van der Waals surface area contributed by atoms with Gasteiger partial charge in [-0.1, -0.05) is 0 Å². The van der Waals surface area contributed by atoms with Crippen LogP contribution in [0.5, 0.6) is 0 Å². The second-order valence-electron chi connectivity index (χ2n) is 2.29. The summed E-state index contributed by atoms with van der Waals surface area (Å²) in [5.41, 5.74) is 6.70. The first kappa shape index (κ1) is 7.78. The van der Waals surface area contributed by atoms with Crippen LogP contribution in [-0.2, 0) is 0 Å². The molecule has 4 nitrogen and oxygen atoms in total.